The minimum Gasteiger partial charge on any atom is -0.481 e. The SMILES string of the molecule is CC(C)CCCN1CC(C(=O)O)C1. The molecule has 0 amide bonds. The zero-order chi connectivity index (χ0) is 9.84. The third-order valence-corrected chi connectivity index (χ3v) is 2.56. The van der Waals surface area contributed by atoms with E-state index in [1.165, 1.54) is 12.8 Å². The van der Waals surface area contributed by atoms with Crippen LogP contribution in [-0.4, -0.2) is 35.6 Å². The molecule has 0 unspecified atom stereocenters. The minimum atomic E-state index is -0.639. The molecule has 13 heavy (non-hydrogen) atoms. The van der Waals surface area contributed by atoms with Gasteiger partial charge in [-0.1, -0.05) is 13.8 Å². The number of hydrogen-bond donors (Lipinski definition) is 1. The highest BCUT2D eigenvalue weighted by Gasteiger charge is 2.31. The molecule has 0 aliphatic carbocycles. The average molecular weight is 185 g/mol. The monoisotopic (exact) mass is 185 g/mol. The quantitative estimate of drug-likeness (QED) is 0.704. The smallest absolute Gasteiger partial charge is 0.309 e. The maximum atomic E-state index is 10.5. The fourth-order valence-electron chi connectivity index (χ4n) is 1.63. The van der Waals surface area contributed by atoms with Crippen molar-refractivity contribution in [2.75, 3.05) is 19.6 Å². The number of carbonyl (C=O) groups is 1. The summed E-state index contributed by atoms with van der Waals surface area (Å²) in [5.74, 6) is 0.0238. The molecule has 1 heterocycles. The van der Waals surface area contributed by atoms with Gasteiger partial charge < -0.3 is 10.0 Å². The molecule has 0 aromatic rings. The van der Waals surface area contributed by atoms with Gasteiger partial charge in [0, 0.05) is 13.1 Å². The number of rotatable bonds is 5. The minimum absolute atomic E-state index is 0.0981. The van der Waals surface area contributed by atoms with E-state index in [0.29, 0.717) is 0 Å². The lowest BCUT2D eigenvalue weighted by Crippen LogP contribution is -2.50. The van der Waals surface area contributed by atoms with E-state index >= 15 is 0 Å². The fraction of sp³-hybridized carbons (Fsp3) is 0.900. The Kier molecular flexibility index (Phi) is 3.72. The van der Waals surface area contributed by atoms with Crippen LogP contribution in [-0.2, 0) is 4.79 Å². The van der Waals surface area contributed by atoms with Crippen LogP contribution in [0.4, 0.5) is 0 Å². The van der Waals surface area contributed by atoms with Crippen LogP contribution < -0.4 is 0 Å². The van der Waals surface area contributed by atoms with Crippen molar-refractivity contribution in [3.8, 4) is 0 Å². The molecule has 0 saturated carbocycles. The summed E-state index contributed by atoms with van der Waals surface area (Å²) in [5.41, 5.74) is 0. The van der Waals surface area contributed by atoms with Crippen molar-refractivity contribution < 1.29 is 9.90 Å². The Morgan fingerprint density at radius 3 is 2.62 bits per heavy atom. The molecule has 0 atom stereocenters. The summed E-state index contributed by atoms with van der Waals surface area (Å²) < 4.78 is 0. The zero-order valence-electron chi connectivity index (χ0n) is 8.49. The van der Waals surface area contributed by atoms with Crippen molar-refractivity contribution >= 4 is 5.97 Å². The van der Waals surface area contributed by atoms with E-state index in [9.17, 15) is 4.79 Å². The summed E-state index contributed by atoms with van der Waals surface area (Å²) in [6.07, 6.45) is 2.44. The molecule has 1 aliphatic heterocycles. The number of aliphatic carboxylic acids is 1. The van der Waals surface area contributed by atoms with Crippen molar-refractivity contribution in [1.82, 2.24) is 4.90 Å². The predicted molar refractivity (Wildman–Crippen MR) is 51.6 cm³/mol. The van der Waals surface area contributed by atoms with Crippen molar-refractivity contribution in [3.05, 3.63) is 0 Å². The Morgan fingerprint density at radius 2 is 2.15 bits per heavy atom. The highest BCUT2D eigenvalue weighted by atomic mass is 16.4. The molecule has 0 aromatic carbocycles. The number of carboxylic acid groups (broad SMARTS) is 1. The lowest BCUT2D eigenvalue weighted by Gasteiger charge is -2.36. The summed E-state index contributed by atoms with van der Waals surface area (Å²) in [6.45, 7) is 7.02. The van der Waals surface area contributed by atoms with E-state index < -0.39 is 5.97 Å². The van der Waals surface area contributed by atoms with Crippen molar-refractivity contribution in [2.45, 2.75) is 26.7 Å². The Balaban J connectivity index is 1.99. The first-order valence-electron chi connectivity index (χ1n) is 5.04. The van der Waals surface area contributed by atoms with Crippen molar-refractivity contribution in [3.63, 3.8) is 0 Å². The summed E-state index contributed by atoms with van der Waals surface area (Å²) in [5, 5.41) is 8.64. The summed E-state index contributed by atoms with van der Waals surface area (Å²) in [7, 11) is 0. The van der Waals surface area contributed by atoms with E-state index in [1.54, 1.807) is 0 Å². The lowest BCUT2D eigenvalue weighted by atomic mass is 9.99. The second-order valence-electron chi connectivity index (χ2n) is 4.33. The Morgan fingerprint density at radius 1 is 1.54 bits per heavy atom. The van der Waals surface area contributed by atoms with Crippen LogP contribution in [0.5, 0.6) is 0 Å². The normalized spacial score (nSPS) is 19.0. The van der Waals surface area contributed by atoms with Crippen molar-refractivity contribution in [2.24, 2.45) is 11.8 Å². The van der Waals surface area contributed by atoms with E-state index in [4.69, 9.17) is 5.11 Å². The standard InChI is InChI=1S/C10H19NO2/c1-8(2)4-3-5-11-6-9(7-11)10(12)13/h8-9H,3-7H2,1-2H3,(H,12,13). The summed E-state index contributed by atoms with van der Waals surface area (Å²) in [6, 6.07) is 0. The van der Waals surface area contributed by atoms with Gasteiger partial charge in [0.1, 0.15) is 0 Å². The number of hydrogen-bond acceptors (Lipinski definition) is 2. The van der Waals surface area contributed by atoms with Crippen LogP contribution in [0.3, 0.4) is 0 Å². The largest absolute Gasteiger partial charge is 0.481 e. The molecule has 0 aromatic heterocycles. The van der Waals surface area contributed by atoms with Gasteiger partial charge in [-0.05, 0) is 25.3 Å². The summed E-state index contributed by atoms with van der Waals surface area (Å²) >= 11 is 0. The van der Waals surface area contributed by atoms with Gasteiger partial charge in [-0.3, -0.25) is 4.79 Å². The Labute approximate surface area is 79.7 Å². The first-order valence-corrected chi connectivity index (χ1v) is 5.04. The van der Waals surface area contributed by atoms with Crippen LogP contribution in [0.1, 0.15) is 26.7 Å². The number of carboxylic acids is 1. The maximum absolute atomic E-state index is 10.5. The van der Waals surface area contributed by atoms with Crippen LogP contribution in [0, 0.1) is 11.8 Å². The van der Waals surface area contributed by atoms with Gasteiger partial charge in [-0.25, -0.2) is 0 Å². The topological polar surface area (TPSA) is 40.5 Å². The van der Waals surface area contributed by atoms with Gasteiger partial charge >= 0.3 is 5.97 Å². The van der Waals surface area contributed by atoms with Gasteiger partial charge in [0.05, 0.1) is 5.92 Å². The Bertz CT molecular complexity index is 174. The maximum Gasteiger partial charge on any atom is 0.309 e. The molecule has 1 fully saturated rings. The first kappa shape index (κ1) is 10.5. The van der Waals surface area contributed by atoms with E-state index in [-0.39, 0.29) is 5.92 Å². The molecule has 1 aliphatic rings. The second-order valence-corrected chi connectivity index (χ2v) is 4.33. The van der Waals surface area contributed by atoms with Crippen molar-refractivity contribution in [1.29, 1.82) is 0 Å². The first-order chi connectivity index (χ1) is 6.09. The molecule has 1 rings (SSSR count). The fourth-order valence-corrected chi connectivity index (χ4v) is 1.63. The lowest BCUT2D eigenvalue weighted by molar-refractivity contribution is -0.147. The molecular weight excluding hydrogens is 166 g/mol. The van der Waals surface area contributed by atoms with Gasteiger partial charge in [-0.2, -0.15) is 0 Å². The third kappa shape index (κ3) is 3.35. The van der Waals surface area contributed by atoms with Crippen LogP contribution >= 0.6 is 0 Å². The molecule has 3 heteroatoms. The third-order valence-electron chi connectivity index (χ3n) is 2.56. The molecule has 1 saturated heterocycles. The van der Waals surface area contributed by atoms with Crippen LogP contribution in [0.25, 0.3) is 0 Å². The molecular formula is C10H19NO2. The van der Waals surface area contributed by atoms with E-state index in [0.717, 1.165) is 25.6 Å². The molecule has 3 nitrogen and oxygen atoms in total. The molecule has 0 bridgehead atoms. The average Bonchev–Trinajstić information content (AvgIpc) is 1.92. The van der Waals surface area contributed by atoms with Crippen LogP contribution in [0.15, 0.2) is 0 Å². The van der Waals surface area contributed by atoms with Crippen LogP contribution in [0.2, 0.25) is 0 Å². The van der Waals surface area contributed by atoms with Gasteiger partial charge in [0.2, 0.25) is 0 Å². The van der Waals surface area contributed by atoms with Gasteiger partial charge in [0.25, 0.3) is 0 Å². The van der Waals surface area contributed by atoms with Gasteiger partial charge in [0.15, 0.2) is 0 Å². The molecule has 0 spiro atoms. The van der Waals surface area contributed by atoms with Gasteiger partial charge in [-0.15, -0.1) is 0 Å². The summed E-state index contributed by atoms with van der Waals surface area (Å²) in [4.78, 5) is 12.7. The number of likely N-dealkylation sites (tertiary alicyclic amines) is 1. The molecule has 0 radical (unpaired) electrons. The zero-order valence-corrected chi connectivity index (χ0v) is 8.49. The van der Waals surface area contributed by atoms with E-state index in [2.05, 4.69) is 18.7 Å². The molecule has 76 valence electrons. The number of nitrogens with zero attached hydrogens (tertiary/aromatic N) is 1. The predicted octanol–water partition coefficient (Wildman–Crippen LogP) is 1.44. The highest BCUT2D eigenvalue weighted by molar-refractivity contribution is 5.71. The molecule has 1 N–H and O–H groups in total. The van der Waals surface area contributed by atoms with E-state index in [1.807, 2.05) is 0 Å². The Hall–Kier alpha value is -0.570. The highest BCUT2D eigenvalue weighted by Crippen LogP contribution is 2.16. The second kappa shape index (κ2) is 4.61.